The second-order valence-electron chi connectivity index (χ2n) is 5.14. The molecule has 0 saturated carbocycles. The lowest BCUT2D eigenvalue weighted by Crippen LogP contribution is -2.45. The van der Waals surface area contributed by atoms with Crippen LogP contribution < -0.4 is 4.72 Å². The van der Waals surface area contributed by atoms with Crippen molar-refractivity contribution in [2.75, 3.05) is 0 Å². The molecule has 1 unspecified atom stereocenters. The van der Waals surface area contributed by atoms with Crippen LogP contribution in [0.15, 0.2) is 11.2 Å². The molecule has 0 saturated heterocycles. The second-order valence-corrected chi connectivity index (χ2v) is 6.80. The van der Waals surface area contributed by atoms with Crippen molar-refractivity contribution in [3.63, 3.8) is 0 Å². The molecule has 2 N–H and O–H groups in total. The first-order valence-electron chi connectivity index (χ1n) is 7.01. The summed E-state index contributed by atoms with van der Waals surface area (Å²) in [6.45, 7) is 7.88. The number of imidazole rings is 1. The molecule has 7 nitrogen and oxygen atoms in total. The Morgan fingerprint density at radius 3 is 2.57 bits per heavy atom. The topological polar surface area (TPSA) is 101 Å². The molecule has 0 aliphatic carbocycles. The van der Waals surface area contributed by atoms with Gasteiger partial charge in [0.25, 0.3) is 10.0 Å². The predicted molar refractivity (Wildman–Crippen MR) is 78.5 cm³/mol. The summed E-state index contributed by atoms with van der Waals surface area (Å²) < 4.78 is 28.6. The third-order valence-electron chi connectivity index (χ3n) is 3.45. The van der Waals surface area contributed by atoms with Crippen LogP contribution in [0.25, 0.3) is 0 Å². The minimum absolute atomic E-state index is 0.136. The van der Waals surface area contributed by atoms with Crippen LogP contribution in [0.4, 0.5) is 0 Å². The number of hydrogen-bond acceptors (Lipinski definition) is 4. The van der Waals surface area contributed by atoms with E-state index in [0.717, 1.165) is 6.42 Å². The number of sulfonamides is 1. The molecule has 1 heterocycles. The molecule has 0 amide bonds. The minimum atomic E-state index is -3.94. The average Bonchev–Trinajstić information content (AvgIpc) is 2.78. The largest absolute Gasteiger partial charge is 0.480 e. The van der Waals surface area contributed by atoms with Crippen molar-refractivity contribution in [2.45, 2.75) is 58.1 Å². The van der Waals surface area contributed by atoms with Crippen LogP contribution in [0.2, 0.25) is 0 Å². The predicted octanol–water partition coefficient (Wildman–Crippen LogP) is 1.38. The van der Waals surface area contributed by atoms with Gasteiger partial charge in [-0.05, 0) is 19.3 Å². The van der Waals surface area contributed by atoms with Crippen LogP contribution in [0.5, 0.6) is 0 Å². The molecular weight excluding hydrogens is 294 g/mol. The summed E-state index contributed by atoms with van der Waals surface area (Å²) in [5, 5.41) is 9.04. The van der Waals surface area contributed by atoms with Gasteiger partial charge in [0.15, 0.2) is 5.03 Å². The van der Waals surface area contributed by atoms with Crippen molar-refractivity contribution < 1.29 is 18.3 Å². The Morgan fingerprint density at radius 2 is 2.10 bits per heavy atom. The van der Waals surface area contributed by atoms with Crippen LogP contribution in [-0.2, 0) is 21.4 Å². The van der Waals surface area contributed by atoms with Crippen LogP contribution >= 0.6 is 0 Å². The highest BCUT2D eigenvalue weighted by molar-refractivity contribution is 7.89. The summed E-state index contributed by atoms with van der Waals surface area (Å²) in [6.07, 6.45) is 2.86. The number of nitrogens with one attached hydrogen (secondary N) is 1. The maximum atomic E-state index is 12.3. The van der Waals surface area contributed by atoms with Gasteiger partial charge in [0, 0.05) is 12.7 Å². The third kappa shape index (κ3) is 4.28. The molecule has 0 bridgehead atoms. The summed E-state index contributed by atoms with van der Waals surface area (Å²) in [7, 11) is -3.94. The number of nitrogens with zero attached hydrogens (tertiary/aromatic N) is 2. The molecule has 2 atom stereocenters. The van der Waals surface area contributed by atoms with Gasteiger partial charge in [-0.25, -0.2) is 13.4 Å². The fourth-order valence-electron chi connectivity index (χ4n) is 1.95. The van der Waals surface area contributed by atoms with E-state index in [1.54, 1.807) is 18.4 Å². The second kappa shape index (κ2) is 7.04. The molecule has 0 aliphatic rings. The first kappa shape index (κ1) is 17.6. The first-order valence-corrected chi connectivity index (χ1v) is 8.50. The zero-order valence-electron chi connectivity index (χ0n) is 12.8. The minimum Gasteiger partial charge on any atom is -0.480 e. The summed E-state index contributed by atoms with van der Waals surface area (Å²) >= 11 is 0. The van der Waals surface area contributed by atoms with Crippen molar-refractivity contribution in [1.82, 2.24) is 14.3 Å². The number of carbonyl (C=O) groups is 1. The van der Waals surface area contributed by atoms with Crippen LogP contribution in [0, 0.1) is 12.8 Å². The Labute approximate surface area is 125 Å². The number of aryl methyl sites for hydroxylation is 2. The zero-order valence-corrected chi connectivity index (χ0v) is 13.6. The first-order chi connectivity index (χ1) is 9.72. The van der Waals surface area contributed by atoms with E-state index in [1.165, 1.54) is 6.20 Å². The maximum absolute atomic E-state index is 12.3. The van der Waals surface area contributed by atoms with Crippen molar-refractivity contribution in [3.05, 3.63) is 12.0 Å². The van der Waals surface area contributed by atoms with E-state index in [4.69, 9.17) is 0 Å². The Bertz CT molecular complexity index is 595. The Morgan fingerprint density at radius 1 is 1.48 bits per heavy atom. The van der Waals surface area contributed by atoms with Gasteiger partial charge in [-0.3, -0.25) is 4.79 Å². The highest BCUT2D eigenvalue weighted by atomic mass is 32.2. The highest BCUT2D eigenvalue weighted by Gasteiger charge is 2.30. The van der Waals surface area contributed by atoms with Crippen LogP contribution in [0.1, 0.15) is 39.4 Å². The van der Waals surface area contributed by atoms with Gasteiger partial charge in [-0.15, -0.1) is 0 Å². The Kier molecular flexibility index (Phi) is 5.91. The summed E-state index contributed by atoms with van der Waals surface area (Å²) in [4.78, 5) is 15.2. The monoisotopic (exact) mass is 317 g/mol. The van der Waals surface area contributed by atoms with E-state index < -0.39 is 22.0 Å². The van der Waals surface area contributed by atoms with Crippen LogP contribution in [0.3, 0.4) is 0 Å². The smallest absolute Gasteiger partial charge is 0.322 e. The summed E-state index contributed by atoms with van der Waals surface area (Å²) in [6, 6.07) is -1.16. The van der Waals surface area contributed by atoms with Crippen molar-refractivity contribution in [1.29, 1.82) is 0 Å². The van der Waals surface area contributed by atoms with Crippen LogP contribution in [-0.4, -0.2) is 35.1 Å². The molecule has 0 aromatic carbocycles. The van der Waals surface area contributed by atoms with Gasteiger partial charge < -0.3 is 9.67 Å². The number of carboxylic acids is 1. The fraction of sp³-hybridized carbons (Fsp3) is 0.692. The lowest BCUT2D eigenvalue weighted by molar-refractivity contribution is -0.140. The lowest BCUT2D eigenvalue weighted by Gasteiger charge is -2.19. The fourth-order valence-corrected chi connectivity index (χ4v) is 3.26. The third-order valence-corrected chi connectivity index (χ3v) is 4.77. The lowest BCUT2D eigenvalue weighted by atomic mass is 10.0. The molecule has 0 aliphatic heterocycles. The number of hydrogen-bond donors (Lipinski definition) is 2. The van der Waals surface area contributed by atoms with Gasteiger partial charge in [-0.2, -0.15) is 4.72 Å². The highest BCUT2D eigenvalue weighted by Crippen LogP contribution is 2.14. The molecular formula is C13H23N3O4S. The molecule has 0 fully saturated rings. The molecule has 1 rings (SSSR count). The van der Waals surface area contributed by atoms with Gasteiger partial charge in [0.2, 0.25) is 0 Å². The summed E-state index contributed by atoms with van der Waals surface area (Å²) in [5.74, 6) is -0.902. The standard InChI is InChI=1S/C13H23N3O4S/c1-5-7-16-8-11(14-10(16)4)21(19,20)15-12(13(17)18)9(3)6-2/h8-9,12,15H,5-7H2,1-4H3,(H,17,18)/t9?,12-/m0/s1. The SMILES string of the molecule is CCCn1cc(S(=O)(=O)N[C@H](C(=O)O)C(C)CC)nc1C. The molecule has 1 aromatic rings. The van der Waals surface area contributed by atoms with Gasteiger partial charge in [0.05, 0.1) is 0 Å². The molecule has 1 aromatic heterocycles. The number of carboxylic acid groups (broad SMARTS) is 1. The van der Waals surface area contributed by atoms with Gasteiger partial charge in [0.1, 0.15) is 11.9 Å². The molecule has 0 spiro atoms. The Balaban J connectivity index is 3.05. The van der Waals surface area contributed by atoms with E-state index in [9.17, 15) is 18.3 Å². The molecule has 120 valence electrons. The number of rotatable bonds is 8. The number of aliphatic carboxylic acids is 1. The molecule has 21 heavy (non-hydrogen) atoms. The van der Waals surface area contributed by atoms with E-state index in [2.05, 4.69) is 9.71 Å². The average molecular weight is 317 g/mol. The van der Waals surface area contributed by atoms with Gasteiger partial charge in [-0.1, -0.05) is 27.2 Å². The van der Waals surface area contributed by atoms with Crippen molar-refractivity contribution >= 4 is 16.0 Å². The van der Waals surface area contributed by atoms with Gasteiger partial charge >= 0.3 is 5.97 Å². The molecule has 8 heteroatoms. The Hall–Kier alpha value is -1.41. The zero-order chi connectivity index (χ0) is 16.2. The van der Waals surface area contributed by atoms with E-state index in [-0.39, 0.29) is 10.9 Å². The van der Waals surface area contributed by atoms with E-state index in [0.29, 0.717) is 18.8 Å². The van der Waals surface area contributed by atoms with Crippen molar-refractivity contribution in [3.8, 4) is 0 Å². The summed E-state index contributed by atoms with van der Waals surface area (Å²) in [5.41, 5.74) is 0. The van der Waals surface area contributed by atoms with E-state index in [1.807, 2.05) is 13.8 Å². The molecule has 0 radical (unpaired) electrons. The quantitative estimate of drug-likeness (QED) is 0.754. The van der Waals surface area contributed by atoms with Crippen molar-refractivity contribution in [2.24, 2.45) is 5.92 Å². The number of aromatic nitrogens is 2. The van der Waals surface area contributed by atoms with E-state index >= 15 is 0 Å². The normalized spacial score (nSPS) is 14.9. The maximum Gasteiger partial charge on any atom is 0.322 e.